The van der Waals surface area contributed by atoms with E-state index in [0.29, 0.717) is 12.1 Å². The van der Waals surface area contributed by atoms with Crippen LogP contribution in [0.1, 0.15) is 31.2 Å². The Morgan fingerprint density at radius 2 is 1.95 bits per heavy atom. The summed E-state index contributed by atoms with van der Waals surface area (Å²) in [4.78, 5) is 2.54. The third-order valence-electron chi connectivity index (χ3n) is 5.23. The Balaban J connectivity index is 1.52. The van der Waals surface area contributed by atoms with E-state index in [4.69, 9.17) is 0 Å². The molecule has 1 aliphatic heterocycles. The highest BCUT2D eigenvalue weighted by atomic mass is 79.9. The average Bonchev–Trinajstić information content (AvgIpc) is 3.36. The van der Waals surface area contributed by atoms with Crippen molar-refractivity contribution in [1.82, 2.24) is 10.2 Å². The van der Waals surface area contributed by atoms with Gasteiger partial charge in [0.05, 0.1) is 0 Å². The number of piperazine rings is 1. The summed E-state index contributed by atoms with van der Waals surface area (Å²) in [5.41, 5.74) is 0.825. The van der Waals surface area contributed by atoms with Crippen LogP contribution in [0.5, 0.6) is 0 Å². The molecule has 2 nitrogen and oxygen atoms in total. The minimum absolute atomic E-state index is 0.0748. The van der Waals surface area contributed by atoms with Gasteiger partial charge in [-0.05, 0) is 55.7 Å². The molecule has 2 aliphatic carbocycles. The Bertz CT molecular complexity index is 528. The molecule has 1 heterocycles. The first-order valence-electron chi connectivity index (χ1n) is 8.12. The van der Waals surface area contributed by atoms with E-state index in [1.165, 1.54) is 25.7 Å². The molecule has 3 aliphatic rings. The minimum Gasteiger partial charge on any atom is -0.311 e. The highest BCUT2D eigenvalue weighted by molar-refractivity contribution is 9.10. The van der Waals surface area contributed by atoms with E-state index in [0.717, 1.165) is 41.5 Å². The van der Waals surface area contributed by atoms with E-state index in [1.54, 1.807) is 12.1 Å². The second kappa shape index (κ2) is 5.64. The van der Waals surface area contributed by atoms with E-state index in [9.17, 15) is 4.39 Å². The van der Waals surface area contributed by atoms with Crippen molar-refractivity contribution in [2.24, 2.45) is 11.8 Å². The van der Waals surface area contributed by atoms with Crippen molar-refractivity contribution in [3.63, 3.8) is 0 Å². The molecule has 2 atom stereocenters. The molecular formula is C17H22BrFN2. The van der Waals surface area contributed by atoms with Gasteiger partial charge in [-0.25, -0.2) is 4.39 Å². The molecule has 4 rings (SSSR count). The van der Waals surface area contributed by atoms with Crippen LogP contribution in [0.2, 0.25) is 0 Å². The predicted molar refractivity (Wildman–Crippen MR) is 85.5 cm³/mol. The average molecular weight is 353 g/mol. The van der Waals surface area contributed by atoms with Gasteiger partial charge in [0, 0.05) is 41.8 Å². The molecule has 3 fully saturated rings. The van der Waals surface area contributed by atoms with E-state index >= 15 is 0 Å². The highest BCUT2D eigenvalue weighted by Gasteiger charge is 2.42. The van der Waals surface area contributed by atoms with Crippen molar-refractivity contribution < 1.29 is 4.39 Å². The molecular weight excluding hydrogens is 331 g/mol. The van der Waals surface area contributed by atoms with Gasteiger partial charge in [-0.2, -0.15) is 0 Å². The summed E-state index contributed by atoms with van der Waals surface area (Å²) < 4.78 is 15.0. The van der Waals surface area contributed by atoms with Crippen molar-refractivity contribution in [3.05, 3.63) is 34.1 Å². The lowest BCUT2D eigenvalue weighted by Gasteiger charge is -2.41. The van der Waals surface area contributed by atoms with Crippen LogP contribution in [-0.2, 0) is 6.54 Å². The van der Waals surface area contributed by atoms with Gasteiger partial charge in [-0.15, -0.1) is 0 Å². The fraction of sp³-hybridized carbons (Fsp3) is 0.647. The molecule has 1 aromatic rings. The van der Waals surface area contributed by atoms with Gasteiger partial charge in [0.25, 0.3) is 0 Å². The second-order valence-corrected chi connectivity index (χ2v) is 7.84. The molecule has 21 heavy (non-hydrogen) atoms. The first kappa shape index (κ1) is 14.2. The maximum Gasteiger partial charge on any atom is 0.127 e. The lowest BCUT2D eigenvalue weighted by Crippen LogP contribution is -2.57. The number of rotatable bonds is 4. The molecule has 4 heteroatoms. The first-order chi connectivity index (χ1) is 10.2. The molecule has 1 saturated heterocycles. The van der Waals surface area contributed by atoms with E-state index in [-0.39, 0.29) is 5.82 Å². The maximum atomic E-state index is 14.1. The second-order valence-electron chi connectivity index (χ2n) is 6.92. The number of benzene rings is 1. The molecule has 1 N–H and O–H groups in total. The fourth-order valence-corrected chi connectivity index (χ4v) is 4.09. The Morgan fingerprint density at radius 3 is 2.67 bits per heavy atom. The summed E-state index contributed by atoms with van der Waals surface area (Å²) in [7, 11) is 0. The minimum atomic E-state index is -0.0748. The quantitative estimate of drug-likeness (QED) is 0.891. The van der Waals surface area contributed by atoms with Crippen LogP contribution in [0.3, 0.4) is 0 Å². The molecule has 0 spiro atoms. The SMILES string of the molecule is Fc1ccc(Br)cc1CN1CC(C2CC2)NCC1C1CC1. The Hall–Kier alpha value is -0.450. The van der Waals surface area contributed by atoms with Crippen LogP contribution in [0.15, 0.2) is 22.7 Å². The van der Waals surface area contributed by atoms with Gasteiger partial charge in [0.2, 0.25) is 0 Å². The summed E-state index contributed by atoms with van der Waals surface area (Å²) in [6.07, 6.45) is 5.42. The summed E-state index contributed by atoms with van der Waals surface area (Å²) in [5, 5.41) is 3.75. The molecule has 2 unspecified atom stereocenters. The van der Waals surface area contributed by atoms with Crippen LogP contribution >= 0.6 is 15.9 Å². The number of halogens is 2. The van der Waals surface area contributed by atoms with Crippen molar-refractivity contribution in [2.75, 3.05) is 13.1 Å². The number of nitrogens with zero attached hydrogens (tertiary/aromatic N) is 1. The molecule has 0 amide bonds. The fourth-order valence-electron chi connectivity index (χ4n) is 3.68. The zero-order valence-electron chi connectivity index (χ0n) is 12.2. The smallest absolute Gasteiger partial charge is 0.127 e. The normalized spacial score (nSPS) is 30.6. The zero-order chi connectivity index (χ0) is 14.4. The Kier molecular flexibility index (Phi) is 3.80. The Morgan fingerprint density at radius 1 is 1.19 bits per heavy atom. The van der Waals surface area contributed by atoms with Gasteiger partial charge >= 0.3 is 0 Å². The van der Waals surface area contributed by atoms with Crippen molar-refractivity contribution >= 4 is 15.9 Å². The highest BCUT2D eigenvalue weighted by Crippen LogP contribution is 2.40. The molecule has 0 bridgehead atoms. The van der Waals surface area contributed by atoms with E-state index < -0.39 is 0 Å². The van der Waals surface area contributed by atoms with Gasteiger partial charge < -0.3 is 5.32 Å². The van der Waals surface area contributed by atoms with Crippen molar-refractivity contribution in [1.29, 1.82) is 0 Å². The summed E-state index contributed by atoms with van der Waals surface area (Å²) >= 11 is 3.47. The number of hydrogen-bond acceptors (Lipinski definition) is 2. The molecule has 0 radical (unpaired) electrons. The largest absolute Gasteiger partial charge is 0.311 e. The lowest BCUT2D eigenvalue weighted by molar-refractivity contribution is 0.0992. The van der Waals surface area contributed by atoms with Gasteiger partial charge in [-0.3, -0.25) is 4.90 Å². The van der Waals surface area contributed by atoms with Crippen LogP contribution < -0.4 is 5.32 Å². The Labute approximate surface area is 134 Å². The van der Waals surface area contributed by atoms with E-state index in [2.05, 4.69) is 26.1 Å². The lowest BCUT2D eigenvalue weighted by atomic mass is 10.0. The summed E-state index contributed by atoms with van der Waals surface area (Å²) in [6.45, 7) is 2.91. The van der Waals surface area contributed by atoms with Crippen molar-refractivity contribution in [2.45, 2.75) is 44.3 Å². The molecule has 114 valence electrons. The van der Waals surface area contributed by atoms with Gasteiger partial charge in [0.15, 0.2) is 0 Å². The number of nitrogens with one attached hydrogen (secondary N) is 1. The van der Waals surface area contributed by atoms with E-state index in [1.807, 2.05) is 6.07 Å². The zero-order valence-corrected chi connectivity index (χ0v) is 13.8. The van der Waals surface area contributed by atoms with Crippen molar-refractivity contribution in [3.8, 4) is 0 Å². The first-order valence-corrected chi connectivity index (χ1v) is 8.91. The predicted octanol–water partition coefficient (Wildman–Crippen LogP) is 3.55. The molecule has 0 aromatic heterocycles. The number of hydrogen-bond donors (Lipinski definition) is 1. The van der Waals surface area contributed by atoms with Crippen LogP contribution in [0.4, 0.5) is 4.39 Å². The standard InChI is InChI=1S/C17H22BrFN2/c18-14-5-6-15(19)13(7-14)9-21-10-16(11-1-2-11)20-8-17(21)12-3-4-12/h5-7,11-12,16-17,20H,1-4,8-10H2. The third kappa shape index (κ3) is 3.17. The van der Waals surface area contributed by atoms with Crippen LogP contribution in [-0.4, -0.2) is 30.1 Å². The topological polar surface area (TPSA) is 15.3 Å². The van der Waals surface area contributed by atoms with Gasteiger partial charge in [-0.1, -0.05) is 15.9 Å². The van der Waals surface area contributed by atoms with Gasteiger partial charge in [0.1, 0.15) is 5.82 Å². The molecule has 1 aromatic carbocycles. The third-order valence-corrected chi connectivity index (χ3v) is 5.72. The summed E-state index contributed by atoms with van der Waals surface area (Å²) in [6, 6.07) is 6.51. The van der Waals surface area contributed by atoms with Crippen LogP contribution in [0.25, 0.3) is 0 Å². The maximum absolute atomic E-state index is 14.1. The monoisotopic (exact) mass is 352 g/mol. The summed E-state index contributed by atoms with van der Waals surface area (Å²) in [5.74, 6) is 1.61. The van der Waals surface area contributed by atoms with Crippen LogP contribution in [0, 0.1) is 17.7 Å². The molecule has 2 saturated carbocycles.